The van der Waals surface area contributed by atoms with Gasteiger partial charge in [-0.2, -0.15) is 0 Å². The highest BCUT2D eigenvalue weighted by molar-refractivity contribution is 7.88. The minimum atomic E-state index is -3.22. The summed E-state index contributed by atoms with van der Waals surface area (Å²) in [5.74, 6) is -0.348. The first kappa shape index (κ1) is 16.7. The number of nitrogens with zero attached hydrogens (tertiary/aromatic N) is 1. The summed E-state index contributed by atoms with van der Waals surface area (Å²) >= 11 is 0. The van der Waals surface area contributed by atoms with Crippen LogP contribution in [0.15, 0.2) is 24.3 Å². The molecule has 1 aliphatic heterocycles. The molecule has 2 amide bonds. The Labute approximate surface area is 129 Å². The molecule has 1 saturated heterocycles. The van der Waals surface area contributed by atoms with Crippen LogP contribution in [-0.2, 0) is 16.6 Å². The zero-order valence-corrected chi connectivity index (χ0v) is 13.2. The molecule has 0 spiro atoms. The third kappa shape index (κ3) is 4.96. The van der Waals surface area contributed by atoms with Crippen LogP contribution in [0.5, 0.6) is 0 Å². The average molecular weight is 329 g/mol. The molecule has 2 rings (SSSR count). The average Bonchev–Trinajstić information content (AvgIpc) is 2.45. The summed E-state index contributed by atoms with van der Waals surface area (Å²) in [6.07, 6.45) is 2.26. The molecule has 1 heterocycles. The van der Waals surface area contributed by atoms with Crippen molar-refractivity contribution in [1.82, 2.24) is 14.9 Å². The highest BCUT2D eigenvalue weighted by Crippen LogP contribution is 2.12. The van der Waals surface area contributed by atoms with E-state index in [1.54, 1.807) is 23.1 Å². The second kappa shape index (κ2) is 7.06. The van der Waals surface area contributed by atoms with Gasteiger partial charge in [-0.15, -0.1) is 0 Å². The summed E-state index contributed by atoms with van der Waals surface area (Å²) in [6, 6.07) is 5.89. The Hall–Kier alpha value is -1.67. The van der Waals surface area contributed by atoms with Gasteiger partial charge in [0.2, 0.25) is 10.0 Å². The van der Waals surface area contributed by atoms with E-state index in [0.29, 0.717) is 31.5 Å². The van der Waals surface area contributed by atoms with E-state index in [1.165, 1.54) is 6.07 Å². The number of benzene rings is 1. The van der Waals surface area contributed by atoms with Crippen molar-refractivity contribution in [2.45, 2.75) is 25.4 Å². The number of hydrogen-bond acceptors (Lipinski definition) is 3. The third-order valence-electron chi connectivity index (χ3n) is 3.55. The predicted octanol–water partition coefficient (Wildman–Crippen LogP) is 1.05. The minimum absolute atomic E-state index is 0.132. The SMILES string of the molecule is CS(=O)(=O)NC1CCN(C(=O)NCc2ccccc2F)CC1. The Balaban J connectivity index is 1.79. The lowest BCUT2D eigenvalue weighted by Crippen LogP contribution is -2.49. The van der Waals surface area contributed by atoms with E-state index in [2.05, 4.69) is 10.0 Å². The number of carbonyl (C=O) groups excluding carboxylic acids is 1. The molecular formula is C14H20FN3O3S. The second-order valence-corrected chi connectivity index (χ2v) is 7.18. The molecule has 0 aromatic heterocycles. The molecular weight excluding hydrogens is 309 g/mol. The Morgan fingerprint density at radius 1 is 1.32 bits per heavy atom. The van der Waals surface area contributed by atoms with Crippen LogP contribution in [0.3, 0.4) is 0 Å². The normalized spacial score (nSPS) is 16.5. The predicted molar refractivity (Wildman–Crippen MR) is 81.2 cm³/mol. The smallest absolute Gasteiger partial charge is 0.317 e. The highest BCUT2D eigenvalue weighted by atomic mass is 32.2. The number of hydrogen-bond donors (Lipinski definition) is 2. The molecule has 0 aliphatic carbocycles. The molecule has 0 unspecified atom stereocenters. The molecule has 1 fully saturated rings. The fourth-order valence-corrected chi connectivity index (χ4v) is 3.27. The van der Waals surface area contributed by atoms with Crippen LogP contribution >= 0.6 is 0 Å². The van der Waals surface area contributed by atoms with Crippen molar-refractivity contribution in [3.8, 4) is 0 Å². The van der Waals surface area contributed by atoms with E-state index >= 15 is 0 Å². The topological polar surface area (TPSA) is 78.5 Å². The van der Waals surface area contributed by atoms with E-state index in [-0.39, 0.29) is 24.4 Å². The maximum absolute atomic E-state index is 13.5. The van der Waals surface area contributed by atoms with Gasteiger partial charge in [0.15, 0.2) is 0 Å². The second-order valence-electron chi connectivity index (χ2n) is 5.40. The first-order chi connectivity index (χ1) is 10.3. The summed E-state index contributed by atoms with van der Waals surface area (Å²) in [4.78, 5) is 13.6. The fourth-order valence-electron chi connectivity index (χ4n) is 2.43. The standard InChI is InChI=1S/C14H20FN3O3S/c1-22(20,21)17-12-6-8-18(9-7-12)14(19)16-10-11-4-2-3-5-13(11)15/h2-5,12,17H,6-10H2,1H3,(H,16,19). The summed E-state index contributed by atoms with van der Waals surface area (Å²) in [6.45, 7) is 1.07. The zero-order chi connectivity index (χ0) is 16.2. The van der Waals surface area contributed by atoms with Crippen molar-refractivity contribution in [1.29, 1.82) is 0 Å². The quantitative estimate of drug-likeness (QED) is 0.867. The van der Waals surface area contributed by atoms with Crippen molar-refractivity contribution in [3.05, 3.63) is 35.6 Å². The number of likely N-dealkylation sites (tertiary alicyclic amines) is 1. The lowest BCUT2D eigenvalue weighted by atomic mass is 10.1. The molecule has 1 aromatic carbocycles. The molecule has 0 atom stereocenters. The van der Waals surface area contributed by atoms with Gasteiger partial charge in [0.1, 0.15) is 5.82 Å². The largest absolute Gasteiger partial charge is 0.334 e. The van der Waals surface area contributed by atoms with Crippen LogP contribution in [-0.4, -0.2) is 44.7 Å². The van der Waals surface area contributed by atoms with Crippen LogP contribution in [0.25, 0.3) is 0 Å². The number of amides is 2. The van der Waals surface area contributed by atoms with E-state index in [1.807, 2.05) is 0 Å². The molecule has 0 radical (unpaired) electrons. The first-order valence-electron chi connectivity index (χ1n) is 7.08. The molecule has 1 aliphatic rings. The van der Waals surface area contributed by atoms with Gasteiger partial charge in [0.05, 0.1) is 6.26 Å². The summed E-state index contributed by atoms with van der Waals surface area (Å²) < 4.78 is 38.3. The van der Waals surface area contributed by atoms with Crippen molar-refractivity contribution in [2.75, 3.05) is 19.3 Å². The zero-order valence-electron chi connectivity index (χ0n) is 12.4. The number of urea groups is 1. The van der Waals surface area contributed by atoms with Gasteiger partial charge in [0.25, 0.3) is 0 Å². The van der Waals surface area contributed by atoms with Crippen molar-refractivity contribution >= 4 is 16.1 Å². The van der Waals surface area contributed by atoms with E-state index in [9.17, 15) is 17.6 Å². The number of piperidine rings is 1. The van der Waals surface area contributed by atoms with Crippen molar-refractivity contribution in [2.24, 2.45) is 0 Å². The van der Waals surface area contributed by atoms with E-state index in [4.69, 9.17) is 0 Å². The van der Waals surface area contributed by atoms with Crippen LogP contribution in [0.1, 0.15) is 18.4 Å². The number of carbonyl (C=O) groups is 1. The molecule has 8 heteroatoms. The van der Waals surface area contributed by atoms with Gasteiger partial charge in [-0.1, -0.05) is 18.2 Å². The first-order valence-corrected chi connectivity index (χ1v) is 8.98. The lowest BCUT2D eigenvalue weighted by Gasteiger charge is -2.32. The number of sulfonamides is 1. The van der Waals surface area contributed by atoms with Gasteiger partial charge in [-0.25, -0.2) is 22.3 Å². The molecule has 6 nitrogen and oxygen atoms in total. The maximum atomic E-state index is 13.5. The number of nitrogens with one attached hydrogen (secondary N) is 2. The van der Waals surface area contributed by atoms with Gasteiger partial charge < -0.3 is 10.2 Å². The fraction of sp³-hybridized carbons (Fsp3) is 0.500. The number of halogens is 1. The van der Waals surface area contributed by atoms with E-state index in [0.717, 1.165) is 6.26 Å². The van der Waals surface area contributed by atoms with Crippen LogP contribution in [0.4, 0.5) is 9.18 Å². The summed E-state index contributed by atoms with van der Waals surface area (Å²) in [5.41, 5.74) is 0.435. The molecule has 2 N–H and O–H groups in total. The van der Waals surface area contributed by atoms with Gasteiger partial charge in [-0.05, 0) is 18.9 Å². The molecule has 1 aromatic rings. The Bertz CT molecular complexity index is 628. The Morgan fingerprint density at radius 2 is 1.95 bits per heavy atom. The number of rotatable bonds is 4. The van der Waals surface area contributed by atoms with Gasteiger partial charge >= 0.3 is 6.03 Å². The Kier molecular flexibility index (Phi) is 5.36. The minimum Gasteiger partial charge on any atom is -0.334 e. The summed E-state index contributed by atoms with van der Waals surface area (Å²) in [5, 5.41) is 2.68. The van der Waals surface area contributed by atoms with Crippen LogP contribution < -0.4 is 10.0 Å². The van der Waals surface area contributed by atoms with E-state index < -0.39 is 10.0 Å². The Morgan fingerprint density at radius 3 is 2.55 bits per heavy atom. The van der Waals surface area contributed by atoms with Gasteiger partial charge in [-0.3, -0.25) is 0 Å². The maximum Gasteiger partial charge on any atom is 0.317 e. The van der Waals surface area contributed by atoms with Crippen LogP contribution in [0.2, 0.25) is 0 Å². The lowest BCUT2D eigenvalue weighted by molar-refractivity contribution is 0.179. The third-order valence-corrected chi connectivity index (χ3v) is 4.31. The highest BCUT2D eigenvalue weighted by Gasteiger charge is 2.24. The van der Waals surface area contributed by atoms with Crippen LogP contribution in [0, 0.1) is 5.82 Å². The summed E-state index contributed by atoms with van der Waals surface area (Å²) in [7, 11) is -3.22. The molecule has 0 saturated carbocycles. The van der Waals surface area contributed by atoms with Gasteiger partial charge in [0, 0.05) is 31.2 Å². The molecule has 22 heavy (non-hydrogen) atoms. The van der Waals surface area contributed by atoms with Crippen molar-refractivity contribution in [3.63, 3.8) is 0 Å². The monoisotopic (exact) mass is 329 g/mol. The molecule has 0 bridgehead atoms. The molecule has 122 valence electrons. The van der Waals surface area contributed by atoms with Crippen molar-refractivity contribution < 1.29 is 17.6 Å².